The molecule has 0 aromatic carbocycles. The normalized spacial score (nSPS) is 12.9. The van der Waals surface area contributed by atoms with Gasteiger partial charge in [-0.3, -0.25) is 0 Å². The SMILES string of the molecule is COOC(Cn1ccnc1)c1cccs1. The Hall–Kier alpha value is -1.17. The maximum atomic E-state index is 5.22. The first kappa shape index (κ1) is 10.4. The molecule has 0 N–H and O–H groups in total. The molecule has 0 bridgehead atoms. The number of aromatic nitrogens is 2. The molecule has 0 aliphatic rings. The van der Waals surface area contributed by atoms with Crippen molar-refractivity contribution in [1.29, 1.82) is 0 Å². The first-order valence-electron chi connectivity index (χ1n) is 4.59. The number of imidazole rings is 1. The number of hydrogen-bond donors (Lipinski definition) is 0. The third-order valence-corrected chi connectivity index (χ3v) is 2.97. The molecule has 1 atom stereocenters. The van der Waals surface area contributed by atoms with E-state index in [-0.39, 0.29) is 6.10 Å². The monoisotopic (exact) mass is 224 g/mol. The van der Waals surface area contributed by atoms with E-state index >= 15 is 0 Å². The van der Waals surface area contributed by atoms with Gasteiger partial charge >= 0.3 is 0 Å². The van der Waals surface area contributed by atoms with Gasteiger partial charge in [0.05, 0.1) is 20.0 Å². The largest absolute Gasteiger partial charge is 0.334 e. The highest BCUT2D eigenvalue weighted by Gasteiger charge is 2.14. The van der Waals surface area contributed by atoms with Crippen LogP contribution in [0.2, 0.25) is 0 Å². The zero-order chi connectivity index (χ0) is 10.5. The Morgan fingerprint density at radius 2 is 2.53 bits per heavy atom. The first-order chi connectivity index (χ1) is 7.40. The fourth-order valence-corrected chi connectivity index (χ4v) is 2.08. The highest BCUT2D eigenvalue weighted by Crippen LogP contribution is 2.24. The van der Waals surface area contributed by atoms with Gasteiger partial charge in [0.1, 0.15) is 6.10 Å². The maximum Gasteiger partial charge on any atom is 0.145 e. The summed E-state index contributed by atoms with van der Waals surface area (Å²) in [5.74, 6) is 0. The van der Waals surface area contributed by atoms with Gasteiger partial charge in [-0.25, -0.2) is 14.8 Å². The van der Waals surface area contributed by atoms with Gasteiger partial charge in [-0.05, 0) is 11.4 Å². The molecule has 0 spiro atoms. The number of hydrogen-bond acceptors (Lipinski definition) is 4. The summed E-state index contributed by atoms with van der Waals surface area (Å²) in [5, 5.41) is 2.02. The van der Waals surface area contributed by atoms with E-state index in [4.69, 9.17) is 9.78 Å². The van der Waals surface area contributed by atoms with E-state index in [1.54, 1.807) is 23.9 Å². The molecule has 0 amide bonds. The Labute approximate surface area is 92.0 Å². The quantitative estimate of drug-likeness (QED) is 0.577. The van der Waals surface area contributed by atoms with E-state index < -0.39 is 0 Å². The highest BCUT2D eigenvalue weighted by molar-refractivity contribution is 7.10. The lowest BCUT2D eigenvalue weighted by Gasteiger charge is -2.14. The van der Waals surface area contributed by atoms with Crippen molar-refractivity contribution < 1.29 is 9.78 Å². The molecule has 0 aliphatic heterocycles. The van der Waals surface area contributed by atoms with Crippen LogP contribution in [0.5, 0.6) is 0 Å². The maximum absolute atomic E-state index is 5.22. The van der Waals surface area contributed by atoms with Crippen molar-refractivity contribution in [2.24, 2.45) is 0 Å². The number of rotatable bonds is 5. The van der Waals surface area contributed by atoms with Crippen molar-refractivity contribution >= 4 is 11.3 Å². The lowest BCUT2D eigenvalue weighted by atomic mass is 10.3. The Bertz CT molecular complexity index is 372. The summed E-state index contributed by atoms with van der Waals surface area (Å²) in [6.07, 6.45) is 5.33. The van der Waals surface area contributed by atoms with Crippen molar-refractivity contribution in [3.8, 4) is 0 Å². The summed E-state index contributed by atoms with van der Waals surface area (Å²) in [6, 6.07) is 4.03. The van der Waals surface area contributed by atoms with Crippen molar-refractivity contribution in [3.05, 3.63) is 41.1 Å². The molecule has 2 rings (SSSR count). The summed E-state index contributed by atoms with van der Waals surface area (Å²) in [4.78, 5) is 15.1. The molecule has 1 unspecified atom stereocenters. The van der Waals surface area contributed by atoms with Gasteiger partial charge in [0, 0.05) is 17.3 Å². The lowest BCUT2D eigenvalue weighted by molar-refractivity contribution is -0.309. The average molecular weight is 224 g/mol. The molecule has 0 aliphatic carbocycles. The van der Waals surface area contributed by atoms with E-state index in [9.17, 15) is 0 Å². The van der Waals surface area contributed by atoms with Crippen LogP contribution in [0.3, 0.4) is 0 Å². The summed E-state index contributed by atoms with van der Waals surface area (Å²) < 4.78 is 1.96. The third kappa shape index (κ3) is 2.65. The summed E-state index contributed by atoms with van der Waals surface area (Å²) in [7, 11) is 1.52. The van der Waals surface area contributed by atoms with Gasteiger partial charge in [-0.2, -0.15) is 0 Å². The van der Waals surface area contributed by atoms with Crippen molar-refractivity contribution in [3.63, 3.8) is 0 Å². The predicted molar refractivity (Wildman–Crippen MR) is 57.4 cm³/mol. The van der Waals surface area contributed by atoms with E-state index in [1.807, 2.05) is 28.3 Å². The fraction of sp³-hybridized carbons (Fsp3) is 0.300. The van der Waals surface area contributed by atoms with Crippen LogP contribution in [0.25, 0.3) is 0 Å². The van der Waals surface area contributed by atoms with E-state index in [1.165, 1.54) is 7.11 Å². The first-order valence-corrected chi connectivity index (χ1v) is 5.46. The molecule has 0 saturated heterocycles. The zero-order valence-electron chi connectivity index (χ0n) is 8.37. The second-order valence-electron chi connectivity index (χ2n) is 3.03. The molecule has 5 heteroatoms. The summed E-state index contributed by atoms with van der Waals surface area (Å²) in [6.45, 7) is 0.703. The van der Waals surface area contributed by atoms with E-state index in [0.29, 0.717) is 6.54 Å². The molecule has 2 aromatic rings. The Morgan fingerprint density at radius 3 is 3.13 bits per heavy atom. The molecule has 0 saturated carbocycles. The van der Waals surface area contributed by atoms with Crippen LogP contribution in [0.4, 0.5) is 0 Å². The van der Waals surface area contributed by atoms with Crippen LogP contribution >= 0.6 is 11.3 Å². The minimum atomic E-state index is -0.0794. The second kappa shape index (κ2) is 5.06. The fourth-order valence-electron chi connectivity index (χ4n) is 1.34. The van der Waals surface area contributed by atoms with Gasteiger partial charge in [0.2, 0.25) is 0 Å². The van der Waals surface area contributed by atoms with Gasteiger partial charge < -0.3 is 4.57 Å². The number of nitrogens with zero attached hydrogens (tertiary/aromatic N) is 2. The Morgan fingerprint density at radius 1 is 1.60 bits per heavy atom. The highest BCUT2D eigenvalue weighted by atomic mass is 32.1. The smallest absolute Gasteiger partial charge is 0.145 e. The molecular weight excluding hydrogens is 212 g/mol. The third-order valence-electron chi connectivity index (χ3n) is 2.01. The predicted octanol–water partition coefficient (Wildman–Crippen LogP) is 2.26. The molecule has 0 radical (unpaired) electrons. The summed E-state index contributed by atoms with van der Waals surface area (Å²) in [5.41, 5.74) is 0. The van der Waals surface area contributed by atoms with Crippen LogP contribution in [0, 0.1) is 0 Å². The topological polar surface area (TPSA) is 36.3 Å². The van der Waals surface area contributed by atoms with Crippen LogP contribution in [-0.4, -0.2) is 16.7 Å². The molecule has 4 nitrogen and oxygen atoms in total. The number of thiophene rings is 1. The van der Waals surface area contributed by atoms with Crippen molar-refractivity contribution in [1.82, 2.24) is 9.55 Å². The Kier molecular flexibility index (Phi) is 3.49. The molecule has 2 heterocycles. The van der Waals surface area contributed by atoms with E-state index in [2.05, 4.69) is 4.98 Å². The molecule has 0 fully saturated rings. The van der Waals surface area contributed by atoms with Gasteiger partial charge in [0.15, 0.2) is 0 Å². The minimum Gasteiger partial charge on any atom is -0.334 e. The zero-order valence-corrected chi connectivity index (χ0v) is 9.18. The lowest BCUT2D eigenvalue weighted by Crippen LogP contribution is -2.10. The van der Waals surface area contributed by atoms with Crippen LogP contribution < -0.4 is 0 Å². The molecule has 80 valence electrons. The standard InChI is InChI=1S/C10H12N2O2S/c1-13-14-9(10-3-2-6-15-10)7-12-5-4-11-8-12/h2-6,8-9H,7H2,1H3. The molecule has 2 aromatic heterocycles. The van der Waals surface area contributed by atoms with Gasteiger partial charge in [-0.1, -0.05) is 6.07 Å². The van der Waals surface area contributed by atoms with Gasteiger partial charge in [0.25, 0.3) is 0 Å². The molecule has 15 heavy (non-hydrogen) atoms. The average Bonchev–Trinajstić information content (AvgIpc) is 2.89. The summed E-state index contributed by atoms with van der Waals surface area (Å²) >= 11 is 1.65. The molecular formula is C10H12N2O2S. The van der Waals surface area contributed by atoms with Gasteiger partial charge in [-0.15, -0.1) is 11.3 Å². The second-order valence-corrected chi connectivity index (χ2v) is 4.01. The van der Waals surface area contributed by atoms with Crippen LogP contribution in [-0.2, 0) is 16.3 Å². The van der Waals surface area contributed by atoms with Crippen molar-refractivity contribution in [2.45, 2.75) is 12.6 Å². The van der Waals surface area contributed by atoms with Crippen molar-refractivity contribution in [2.75, 3.05) is 7.11 Å². The van der Waals surface area contributed by atoms with Crippen LogP contribution in [0.1, 0.15) is 11.0 Å². The van der Waals surface area contributed by atoms with Crippen LogP contribution in [0.15, 0.2) is 36.2 Å². The van der Waals surface area contributed by atoms with E-state index in [0.717, 1.165) is 4.88 Å². The Balaban J connectivity index is 2.07. The minimum absolute atomic E-state index is 0.0794.